The van der Waals surface area contributed by atoms with Crippen molar-refractivity contribution < 1.29 is 14.7 Å². The summed E-state index contributed by atoms with van der Waals surface area (Å²) in [5, 5.41) is 14.3. The number of halogens is 1. The molecule has 90 valence electrons. The van der Waals surface area contributed by atoms with Gasteiger partial charge in [-0.25, -0.2) is 4.79 Å². The van der Waals surface area contributed by atoms with Crippen LogP contribution in [0.25, 0.3) is 0 Å². The van der Waals surface area contributed by atoms with Crippen LogP contribution in [-0.2, 0) is 11.2 Å². The van der Waals surface area contributed by atoms with E-state index in [1.807, 2.05) is 12.1 Å². The largest absolute Gasteiger partial charge is 0.479 e. The maximum atomic E-state index is 11.9. The molecule has 5 nitrogen and oxygen atoms in total. The van der Waals surface area contributed by atoms with Crippen molar-refractivity contribution in [3.63, 3.8) is 0 Å². The van der Waals surface area contributed by atoms with Gasteiger partial charge >= 0.3 is 5.97 Å². The Morgan fingerprint density at radius 2 is 2.24 bits per heavy atom. The van der Waals surface area contributed by atoms with Crippen LogP contribution in [0.3, 0.4) is 0 Å². The number of hydrogen-bond donors (Lipinski definition) is 3. The van der Waals surface area contributed by atoms with Crippen LogP contribution in [0, 0.1) is 0 Å². The van der Waals surface area contributed by atoms with Crippen molar-refractivity contribution in [1.29, 1.82) is 0 Å². The SMILES string of the molecule is O=C(N[C@H](I)C(=O)O)c1cccc2c1NCC2. The van der Waals surface area contributed by atoms with Crippen molar-refractivity contribution in [2.45, 2.75) is 10.5 Å². The first-order valence-electron chi connectivity index (χ1n) is 5.13. The summed E-state index contributed by atoms with van der Waals surface area (Å²) >= 11 is 1.67. The monoisotopic (exact) mass is 346 g/mol. The number of anilines is 1. The van der Waals surface area contributed by atoms with Crippen LogP contribution in [0.1, 0.15) is 15.9 Å². The van der Waals surface area contributed by atoms with E-state index in [2.05, 4.69) is 10.6 Å². The third kappa shape index (κ3) is 2.51. The molecule has 1 atom stereocenters. The third-order valence-corrected chi connectivity index (χ3v) is 3.41. The van der Waals surface area contributed by atoms with Crippen molar-refractivity contribution >= 4 is 40.2 Å². The molecule has 0 fully saturated rings. The van der Waals surface area contributed by atoms with Gasteiger partial charge < -0.3 is 15.7 Å². The van der Waals surface area contributed by atoms with E-state index in [1.165, 1.54) is 0 Å². The predicted molar refractivity (Wildman–Crippen MR) is 71.5 cm³/mol. The molecule has 0 spiro atoms. The Labute approximate surface area is 112 Å². The van der Waals surface area contributed by atoms with Crippen LogP contribution < -0.4 is 10.6 Å². The topological polar surface area (TPSA) is 78.4 Å². The Morgan fingerprint density at radius 3 is 2.94 bits per heavy atom. The molecule has 0 radical (unpaired) electrons. The first-order chi connectivity index (χ1) is 8.09. The summed E-state index contributed by atoms with van der Waals surface area (Å²) in [6.45, 7) is 0.812. The second kappa shape index (κ2) is 4.91. The molecule has 1 amide bonds. The normalized spacial score (nSPS) is 14.6. The lowest BCUT2D eigenvalue weighted by molar-refractivity contribution is -0.136. The molecule has 3 N–H and O–H groups in total. The van der Waals surface area contributed by atoms with E-state index in [-0.39, 0.29) is 5.91 Å². The van der Waals surface area contributed by atoms with Gasteiger partial charge in [0.15, 0.2) is 4.05 Å². The summed E-state index contributed by atoms with van der Waals surface area (Å²) < 4.78 is -0.919. The highest BCUT2D eigenvalue weighted by Gasteiger charge is 2.22. The van der Waals surface area contributed by atoms with Crippen molar-refractivity contribution in [2.24, 2.45) is 0 Å². The smallest absolute Gasteiger partial charge is 0.336 e. The van der Waals surface area contributed by atoms with Gasteiger partial charge in [0.2, 0.25) is 0 Å². The minimum absolute atomic E-state index is 0.363. The molecule has 1 aliphatic rings. The fraction of sp³-hybridized carbons (Fsp3) is 0.273. The number of hydrogen-bond acceptors (Lipinski definition) is 3. The van der Waals surface area contributed by atoms with Crippen LogP contribution in [0.2, 0.25) is 0 Å². The minimum atomic E-state index is -1.06. The number of fused-ring (bicyclic) bond motifs is 1. The Kier molecular flexibility index (Phi) is 3.51. The molecular formula is C11H11IN2O3. The van der Waals surface area contributed by atoms with Crippen LogP contribution in [0.5, 0.6) is 0 Å². The van der Waals surface area contributed by atoms with Gasteiger partial charge in [-0.2, -0.15) is 0 Å². The molecular weight excluding hydrogens is 335 g/mol. The lowest BCUT2D eigenvalue weighted by atomic mass is 10.1. The zero-order valence-electron chi connectivity index (χ0n) is 8.87. The van der Waals surface area contributed by atoms with Gasteiger partial charge in [0.1, 0.15) is 0 Å². The maximum absolute atomic E-state index is 11.9. The van der Waals surface area contributed by atoms with E-state index in [0.29, 0.717) is 5.56 Å². The number of aliphatic carboxylic acids is 1. The quantitative estimate of drug-likeness (QED) is 0.437. The van der Waals surface area contributed by atoms with E-state index in [9.17, 15) is 9.59 Å². The standard InChI is InChI=1S/C11H11IN2O3/c12-9(11(16)17)14-10(15)7-3-1-2-6-4-5-13-8(6)7/h1-3,9,13H,4-5H2,(H,14,15)(H,16,17)/t9-/m0/s1. The molecule has 0 unspecified atom stereocenters. The predicted octanol–water partition coefficient (Wildman–Crippen LogP) is 1.23. The average Bonchev–Trinajstić information content (AvgIpc) is 2.76. The van der Waals surface area contributed by atoms with E-state index >= 15 is 0 Å². The van der Waals surface area contributed by atoms with Crippen molar-refractivity contribution in [3.05, 3.63) is 29.3 Å². The Hall–Kier alpha value is -1.31. The van der Waals surface area contributed by atoms with Gasteiger partial charge in [0.05, 0.1) is 11.3 Å². The second-order valence-corrected chi connectivity index (χ2v) is 4.94. The number of carboxylic acids is 1. The lowest BCUT2D eigenvalue weighted by Gasteiger charge is -2.11. The highest BCUT2D eigenvalue weighted by Crippen LogP contribution is 2.26. The highest BCUT2D eigenvalue weighted by molar-refractivity contribution is 14.1. The molecule has 0 saturated heterocycles. The lowest BCUT2D eigenvalue weighted by Crippen LogP contribution is -2.36. The summed E-state index contributed by atoms with van der Waals surface area (Å²) in [6, 6.07) is 5.46. The van der Waals surface area contributed by atoms with Gasteiger partial charge in [-0.15, -0.1) is 0 Å². The van der Waals surface area contributed by atoms with Gasteiger partial charge in [-0.05, 0) is 40.6 Å². The highest BCUT2D eigenvalue weighted by atomic mass is 127. The second-order valence-electron chi connectivity index (χ2n) is 3.69. The number of carboxylic acid groups (broad SMARTS) is 1. The van der Waals surface area contributed by atoms with Crippen LogP contribution in [0.4, 0.5) is 5.69 Å². The van der Waals surface area contributed by atoms with Crippen LogP contribution >= 0.6 is 22.6 Å². The fourth-order valence-corrected chi connectivity index (χ4v) is 2.07. The molecule has 0 bridgehead atoms. The van der Waals surface area contributed by atoms with Gasteiger partial charge in [-0.1, -0.05) is 12.1 Å². The van der Waals surface area contributed by atoms with E-state index in [1.54, 1.807) is 28.7 Å². The summed E-state index contributed by atoms with van der Waals surface area (Å²) in [5.74, 6) is -1.42. The van der Waals surface area contributed by atoms with Gasteiger partial charge in [-0.3, -0.25) is 4.79 Å². The number of para-hydroxylation sites is 1. The molecule has 1 aromatic rings. The summed E-state index contributed by atoms with van der Waals surface area (Å²) in [6.07, 6.45) is 0.892. The zero-order valence-corrected chi connectivity index (χ0v) is 11.0. The maximum Gasteiger partial charge on any atom is 0.336 e. The summed E-state index contributed by atoms with van der Waals surface area (Å²) in [5.41, 5.74) is 2.42. The van der Waals surface area contributed by atoms with E-state index in [0.717, 1.165) is 24.2 Å². The first-order valence-corrected chi connectivity index (χ1v) is 6.37. The Morgan fingerprint density at radius 1 is 1.47 bits per heavy atom. The Bertz CT molecular complexity index is 476. The van der Waals surface area contributed by atoms with E-state index in [4.69, 9.17) is 5.11 Å². The molecule has 2 rings (SSSR count). The molecule has 17 heavy (non-hydrogen) atoms. The number of carbonyl (C=O) groups is 2. The fourth-order valence-electron chi connectivity index (χ4n) is 1.78. The van der Waals surface area contributed by atoms with Crippen LogP contribution in [0.15, 0.2) is 18.2 Å². The Balaban J connectivity index is 2.20. The zero-order chi connectivity index (χ0) is 12.4. The number of benzene rings is 1. The molecule has 0 saturated carbocycles. The molecule has 0 aromatic heterocycles. The van der Waals surface area contributed by atoms with Crippen LogP contribution in [-0.4, -0.2) is 27.6 Å². The molecule has 1 aromatic carbocycles. The average molecular weight is 346 g/mol. The summed E-state index contributed by atoms with van der Waals surface area (Å²) in [7, 11) is 0. The van der Waals surface area contributed by atoms with Crippen molar-refractivity contribution in [1.82, 2.24) is 5.32 Å². The third-order valence-electron chi connectivity index (χ3n) is 2.57. The van der Waals surface area contributed by atoms with Crippen molar-refractivity contribution in [2.75, 3.05) is 11.9 Å². The summed E-state index contributed by atoms with van der Waals surface area (Å²) in [4.78, 5) is 22.6. The van der Waals surface area contributed by atoms with E-state index < -0.39 is 10.0 Å². The number of rotatable bonds is 3. The first kappa shape index (κ1) is 12.2. The van der Waals surface area contributed by atoms with Crippen molar-refractivity contribution in [3.8, 4) is 0 Å². The number of nitrogens with one attached hydrogen (secondary N) is 2. The van der Waals surface area contributed by atoms with Gasteiger partial charge in [0, 0.05) is 6.54 Å². The van der Waals surface area contributed by atoms with Gasteiger partial charge in [0.25, 0.3) is 5.91 Å². The molecule has 6 heteroatoms. The number of carbonyl (C=O) groups excluding carboxylic acids is 1. The minimum Gasteiger partial charge on any atom is -0.479 e. The number of amides is 1. The molecule has 0 aliphatic carbocycles. The number of alkyl halides is 1. The molecule has 1 aliphatic heterocycles. The molecule has 1 heterocycles.